The molecule has 0 spiro atoms. The molecule has 0 aromatic carbocycles. The van der Waals surface area contributed by atoms with Gasteiger partial charge in [-0.3, -0.25) is 4.79 Å². The molecule has 0 amide bonds. The van der Waals surface area contributed by atoms with Crippen molar-refractivity contribution in [3.63, 3.8) is 0 Å². The summed E-state index contributed by atoms with van der Waals surface area (Å²) in [7, 11) is 1.51. The second-order valence-corrected chi connectivity index (χ2v) is 5.37. The summed E-state index contributed by atoms with van der Waals surface area (Å²) in [5.74, 6) is -0.925. The Bertz CT molecular complexity index is 377. The molecule has 1 rings (SSSR count). The summed E-state index contributed by atoms with van der Waals surface area (Å²) in [5.41, 5.74) is 0. The number of allylic oxidation sites excluding steroid dienone is 1. The molecule has 0 bridgehead atoms. The summed E-state index contributed by atoms with van der Waals surface area (Å²) in [6, 6.07) is 0. The lowest BCUT2D eigenvalue weighted by atomic mass is 10.0. The van der Waals surface area contributed by atoms with Crippen LogP contribution in [0.2, 0.25) is 0 Å². The zero-order valence-electron chi connectivity index (χ0n) is 13.2. The number of aliphatic hydroxyl groups is 1. The molecule has 0 radical (unpaired) electrons. The molecule has 0 aromatic heterocycles. The topological polar surface area (TPSA) is 85.2 Å². The van der Waals surface area contributed by atoms with Crippen LogP contribution in [0.15, 0.2) is 24.3 Å². The van der Waals surface area contributed by atoms with E-state index in [9.17, 15) is 9.90 Å². The van der Waals surface area contributed by atoms with Crippen LogP contribution in [-0.2, 0) is 19.0 Å². The lowest BCUT2D eigenvalue weighted by Crippen LogP contribution is -2.38. The van der Waals surface area contributed by atoms with Crippen LogP contribution in [0.4, 0.5) is 0 Å². The number of rotatable bonds is 10. The van der Waals surface area contributed by atoms with E-state index < -0.39 is 18.2 Å². The monoisotopic (exact) mass is 314 g/mol. The maximum absolute atomic E-state index is 10.9. The van der Waals surface area contributed by atoms with Crippen molar-refractivity contribution in [3.8, 4) is 0 Å². The van der Waals surface area contributed by atoms with E-state index in [1.807, 2.05) is 24.3 Å². The predicted molar refractivity (Wildman–Crippen MR) is 81.5 cm³/mol. The highest BCUT2D eigenvalue weighted by atomic mass is 16.7. The zero-order chi connectivity index (χ0) is 16.4. The van der Waals surface area contributed by atoms with Crippen molar-refractivity contribution in [2.75, 3.05) is 13.9 Å². The van der Waals surface area contributed by atoms with Crippen molar-refractivity contribution in [2.24, 2.45) is 0 Å². The number of carbonyl (C=O) groups is 1. The van der Waals surface area contributed by atoms with E-state index in [0.717, 1.165) is 19.3 Å². The van der Waals surface area contributed by atoms with E-state index in [4.69, 9.17) is 19.3 Å². The van der Waals surface area contributed by atoms with Gasteiger partial charge in [-0.1, -0.05) is 24.3 Å². The number of aliphatic hydroxyl groups excluding tert-OH is 1. The Labute approximate surface area is 131 Å². The number of methoxy groups -OCH3 is 1. The number of hydrogen-bond donors (Lipinski definition) is 2. The molecule has 0 saturated heterocycles. The Morgan fingerprint density at radius 2 is 2.23 bits per heavy atom. The molecule has 22 heavy (non-hydrogen) atoms. The van der Waals surface area contributed by atoms with Crippen LogP contribution >= 0.6 is 0 Å². The number of carboxylic acid groups (broad SMARTS) is 1. The van der Waals surface area contributed by atoms with Crippen LogP contribution in [0.5, 0.6) is 0 Å². The first-order chi connectivity index (χ1) is 10.5. The first kappa shape index (κ1) is 18.8. The van der Waals surface area contributed by atoms with Crippen molar-refractivity contribution < 1.29 is 29.2 Å². The maximum Gasteiger partial charge on any atom is 0.306 e. The molecular formula is C16H26O6. The van der Waals surface area contributed by atoms with E-state index in [1.54, 1.807) is 6.92 Å². The summed E-state index contributed by atoms with van der Waals surface area (Å²) in [4.78, 5) is 10.9. The zero-order valence-corrected chi connectivity index (χ0v) is 13.2. The SMILES string of the molecule is COCO[C@@H]1C=C[C@@H](/C=C/CCC[C@@H](C)O)O[C@@H]1CC(=O)O. The highest BCUT2D eigenvalue weighted by Gasteiger charge is 2.29. The molecule has 126 valence electrons. The fourth-order valence-electron chi connectivity index (χ4n) is 2.18. The Hall–Kier alpha value is -1.21. The Balaban J connectivity index is 2.49. The highest BCUT2D eigenvalue weighted by Crippen LogP contribution is 2.20. The van der Waals surface area contributed by atoms with Gasteiger partial charge in [-0.2, -0.15) is 0 Å². The number of unbranched alkanes of at least 4 members (excludes halogenated alkanes) is 1. The van der Waals surface area contributed by atoms with Crippen LogP contribution in [0.1, 0.15) is 32.6 Å². The molecule has 0 saturated carbocycles. The summed E-state index contributed by atoms with van der Waals surface area (Å²) in [5, 5.41) is 18.1. The molecule has 6 nitrogen and oxygen atoms in total. The Kier molecular flexibility index (Phi) is 9.00. The molecule has 0 fully saturated rings. The Morgan fingerprint density at radius 3 is 2.86 bits per heavy atom. The van der Waals surface area contributed by atoms with Crippen LogP contribution in [0.3, 0.4) is 0 Å². The lowest BCUT2D eigenvalue weighted by molar-refractivity contribution is -0.151. The molecule has 0 aromatic rings. The minimum atomic E-state index is -0.925. The molecule has 1 heterocycles. The fourth-order valence-corrected chi connectivity index (χ4v) is 2.18. The van der Waals surface area contributed by atoms with Gasteiger partial charge in [0, 0.05) is 7.11 Å². The van der Waals surface area contributed by atoms with E-state index in [-0.39, 0.29) is 25.4 Å². The molecule has 2 N–H and O–H groups in total. The first-order valence-electron chi connectivity index (χ1n) is 7.53. The summed E-state index contributed by atoms with van der Waals surface area (Å²) in [6.07, 6.45) is 8.48. The van der Waals surface area contributed by atoms with Crippen molar-refractivity contribution >= 4 is 5.97 Å². The fraction of sp³-hybridized carbons (Fsp3) is 0.688. The van der Waals surface area contributed by atoms with Crippen LogP contribution < -0.4 is 0 Å². The van der Waals surface area contributed by atoms with Gasteiger partial charge in [0.25, 0.3) is 0 Å². The molecule has 0 unspecified atom stereocenters. The van der Waals surface area contributed by atoms with Gasteiger partial charge in [-0.15, -0.1) is 0 Å². The van der Waals surface area contributed by atoms with Crippen molar-refractivity contribution in [1.82, 2.24) is 0 Å². The summed E-state index contributed by atoms with van der Waals surface area (Å²) >= 11 is 0. The van der Waals surface area contributed by atoms with Crippen LogP contribution in [0, 0.1) is 0 Å². The average Bonchev–Trinajstić information content (AvgIpc) is 2.45. The number of ether oxygens (including phenoxy) is 3. The van der Waals surface area contributed by atoms with Gasteiger partial charge in [0.1, 0.15) is 12.9 Å². The van der Waals surface area contributed by atoms with Crippen molar-refractivity contribution in [3.05, 3.63) is 24.3 Å². The molecule has 1 aliphatic rings. The highest BCUT2D eigenvalue weighted by molar-refractivity contribution is 5.67. The van der Waals surface area contributed by atoms with Crippen molar-refractivity contribution in [2.45, 2.75) is 57.0 Å². The molecule has 6 heteroatoms. The van der Waals surface area contributed by atoms with Gasteiger partial charge >= 0.3 is 5.97 Å². The van der Waals surface area contributed by atoms with Gasteiger partial charge in [-0.05, 0) is 26.2 Å². The largest absolute Gasteiger partial charge is 0.481 e. The minimum absolute atomic E-state index is 0.0916. The third-order valence-corrected chi connectivity index (χ3v) is 3.26. The van der Waals surface area contributed by atoms with Gasteiger partial charge in [0.2, 0.25) is 0 Å². The average molecular weight is 314 g/mol. The lowest BCUT2D eigenvalue weighted by Gasteiger charge is -2.30. The van der Waals surface area contributed by atoms with Gasteiger partial charge in [0.05, 0.1) is 24.7 Å². The number of carboxylic acids is 1. The number of hydrogen-bond acceptors (Lipinski definition) is 5. The quantitative estimate of drug-likeness (QED) is 0.364. The second-order valence-electron chi connectivity index (χ2n) is 5.37. The van der Waals surface area contributed by atoms with Gasteiger partial charge in [0.15, 0.2) is 0 Å². The standard InChI is InChI=1S/C16H26O6/c1-12(17)6-4-3-5-7-13-8-9-14(21-11-20-2)15(22-13)10-16(18)19/h5,7-9,12-15,17H,3-4,6,10-11H2,1-2H3,(H,18,19)/b7-5+/t12-,13-,14-,15-/m1/s1. The third-order valence-electron chi connectivity index (χ3n) is 3.26. The summed E-state index contributed by atoms with van der Waals surface area (Å²) in [6.45, 7) is 1.86. The van der Waals surface area contributed by atoms with E-state index in [1.165, 1.54) is 7.11 Å². The maximum atomic E-state index is 10.9. The Morgan fingerprint density at radius 1 is 1.45 bits per heavy atom. The second kappa shape index (κ2) is 10.5. The predicted octanol–water partition coefficient (Wildman–Crippen LogP) is 1.88. The molecule has 0 aliphatic carbocycles. The minimum Gasteiger partial charge on any atom is -0.481 e. The molecule has 1 aliphatic heterocycles. The van der Waals surface area contributed by atoms with Gasteiger partial charge < -0.3 is 24.4 Å². The van der Waals surface area contributed by atoms with Crippen molar-refractivity contribution in [1.29, 1.82) is 0 Å². The normalized spacial score (nSPS) is 26.4. The molecular weight excluding hydrogens is 288 g/mol. The third kappa shape index (κ3) is 7.70. The number of aliphatic carboxylic acids is 1. The van der Waals surface area contributed by atoms with E-state index in [0.29, 0.717) is 0 Å². The summed E-state index contributed by atoms with van der Waals surface area (Å²) < 4.78 is 16.0. The first-order valence-corrected chi connectivity index (χ1v) is 7.53. The molecule has 4 atom stereocenters. The van der Waals surface area contributed by atoms with E-state index >= 15 is 0 Å². The van der Waals surface area contributed by atoms with Crippen LogP contribution in [0.25, 0.3) is 0 Å². The van der Waals surface area contributed by atoms with Gasteiger partial charge in [-0.25, -0.2) is 0 Å². The van der Waals surface area contributed by atoms with Crippen LogP contribution in [-0.4, -0.2) is 54.5 Å². The van der Waals surface area contributed by atoms with E-state index in [2.05, 4.69) is 0 Å². The smallest absolute Gasteiger partial charge is 0.306 e.